The number of amides is 2. The van der Waals surface area contributed by atoms with Crippen molar-refractivity contribution in [3.05, 3.63) is 11.6 Å². The maximum absolute atomic E-state index is 12.0. The number of hydrogen-bond donors (Lipinski definition) is 1. The fourth-order valence-electron chi connectivity index (χ4n) is 1.75. The fraction of sp³-hybridized carbons (Fsp3) is 0.636. The Labute approximate surface area is 95.3 Å². The SMILES string of the molecule is CCN(CC(=O)O)C(=O)N1CCC=C(C)C1. The smallest absolute Gasteiger partial charge is 0.323 e. The Morgan fingerprint density at radius 3 is 2.75 bits per heavy atom. The van der Waals surface area contributed by atoms with E-state index in [1.54, 1.807) is 11.8 Å². The number of hydrogen-bond acceptors (Lipinski definition) is 2. The lowest BCUT2D eigenvalue weighted by Crippen LogP contribution is -2.47. The third-order valence-corrected chi connectivity index (χ3v) is 2.58. The summed E-state index contributed by atoms with van der Waals surface area (Å²) in [5.74, 6) is -0.973. The first-order valence-corrected chi connectivity index (χ1v) is 5.46. The van der Waals surface area contributed by atoms with Gasteiger partial charge in [-0.1, -0.05) is 11.6 Å². The van der Waals surface area contributed by atoms with E-state index in [1.807, 2.05) is 6.92 Å². The summed E-state index contributed by atoms with van der Waals surface area (Å²) < 4.78 is 0. The second kappa shape index (κ2) is 5.53. The molecule has 1 rings (SSSR count). The Kier molecular flexibility index (Phi) is 4.34. The molecule has 2 amide bonds. The van der Waals surface area contributed by atoms with Gasteiger partial charge in [-0.05, 0) is 20.3 Å². The van der Waals surface area contributed by atoms with Crippen LogP contribution in [0.4, 0.5) is 4.79 Å². The van der Waals surface area contributed by atoms with Gasteiger partial charge in [-0.15, -0.1) is 0 Å². The summed E-state index contributed by atoms with van der Waals surface area (Å²) in [4.78, 5) is 25.6. The fourth-order valence-corrected chi connectivity index (χ4v) is 1.75. The Hall–Kier alpha value is -1.52. The van der Waals surface area contributed by atoms with E-state index in [-0.39, 0.29) is 12.6 Å². The number of aliphatic carboxylic acids is 1. The highest BCUT2D eigenvalue weighted by Crippen LogP contribution is 2.11. The van der Waals surface area contributed by atoms with E-state index in [4.69, 9.17) is 5.11 Å². The van der Waals surface area contributed by atoms with Crippen molar-refractivity contribution in [1.29, 1.82) is 0 Å². The van der Waals surface area contributed by atoms with Crippen LogP contribution in [-0.2, 0) is 4.79 Å². The summed E-state index contributed by atoms with van der Waals surface area (Å²) in [6.45, 7) is 5.24. The van der Waals surface area contributed by atoms with Crippen molar-refractivity contribution in [3.8, 4) is 0 Å². The molecule has 5 heteroatoms. The Morgan fingerprint density at radius 2 is 2.25 bits per heavy atom. The van der Waals surface area contributed by atoms with Crippen LogP contribution >= 0.6 is 0 Å². The van der Waals surface area contributed by atoms with Crippen LogP contribution in [0.15, 0.2) is 11.6 Å². The molecule has 0 unspecified atom stereocenters. The van der Waals surface area contributed by atoms with Crippen LogP contribution in [0.5, 0.6) is 0 Å². The van der Waals surface area contributed by atoms with Crippen LogP contribution in [0.25, 0.3) is 0 Å². The number of nitrogens with zero attached hydrogens (tertiary/aromatic N) is 2. The molecule has 0 spiro atoms. The highest BCUT2D eigenvalue weighted by atomic mass is 16.4. The van der Waals surface area contributed by atoms with Gasteiger partial charge < -0.3 is 14.9 Å². The van der Waals surface area contributed by atoms with Crippen molar-refractivity contribution >= 4 is 12.0 Å². The Morgan fingerprint density at radius 1 is 1.56 bits per heavy atom. The summed E-state index contributed by atoms with van der Waals surface area (Å²) >= 11 is 0. The zero-order chi connectivity index (χ0) is 12.1. The maximum Gasteiger partial charge on any atom is 0.323 e. The van der Waals surface area contributed by atoms with Crippen LogP contribution in [0.2, 0.25) is 0 Å². The predicted molar refractivity (Wildman–Crippen MR) is 60.2 cm³/mol. The van der Waals surface area contributed by atoms with Gasteiger partial charge >= 0.3 is 12.0 Å². The molecule has 90 valence electrons. The zero-order valence-electron chi connectivity index (χ0n) is 9.77. The first-order valence-electron chi connectivity index (χ1n) is 5.46. The quantitative estimate of drug-likeness (QED) is 0.735. The van der Waals surface area contributed by atoms with Crippen molar-refractivity contribution in [3.63, 3.8) is 0 Å². The monoisotopic (exact) mass is 226 g/mol. The van der Waals surface area contributed by atoms with Gasteiger partial charge in [0.15, 0.2) is 0 Å². The molecular weight excluding hydrogens is 208 g/mol. The molecular formula is C11H18N2O3. The largest absolute Gasteiger partial charge is 0.480 e. The molecule has 5 nitrogen and oxygen atoms in total. The van der Waals surface area contributed by atoms with Gasteiger partial charge in [0.25, 0.3) is 0 Å². The molecule has 1 aliphatic rings. The minimum atomic E-state index is -0.973. The zero-order valence-corrected chi connectivity index (χ0v) is 9.77. The average molecular weight is 226 g/mol. The first kappa shape index (κ1) is 12.5. The van der Waals surface area contributed by atoms with E-state index in [0.29, 0.717) is 19.6 Å². The van der Waals surface area contributed by atoms with E-state index in [0.717, 1.165) is 12.0 Å². The number of likely N-dealkylation sites (N-methyl/N-ethyl adjacent to an activating group) is 1. The number of carbonyl (C=O) groups is 2. The molecule has 16 heavy (non-hydrogen) atoms. The third kappa shape index (κ3) is 3.25. The van der Waals surface area contributed by atoms with Crippen LogP contribution in [0.1, 0.15) is 20.3 Å². The van der Waals surface area contributed by atoms with Crippen molar-refractivity contribution in [2.75, 3.05) is 26.2 Å². The summed E-state index contributed by atoms with van der Waals surface area (Å²) in [6, 6.07) is -0.183. The van der Waals surface area contributed by atoms with Crippen molar-refractivity contribution in [1.82, 2.24) is 9.80 Å². The summed E-state index contributed by atoms with van der Waals surface area (Å²) in [5.41, 5.74) is 1.16. The van der Waals surface area contributed by atoms with Gasteiger partial charge in [0.2, 0.25) is 0 Å². The molecule has 0 aromatic rings. The number of carbonyl (C=O) groups excluding carboxylic acids is 1. The van der Waals surface area contributed by atoms with E-state index in [9.17, 15) is 9.59 Å². The molecule has 0 saturated carbocycles. The standard InChI is InChI=1S/C11H18N2O3/c1-3-12(8-10(14)15)11(16)13-6-4-5-9(2)7-13/h5H,3-4,6-8H2,1-2H3,(H,14,15). The van der Waals surface area contributed by atoms with Gasteiger partial charge in [0.1, 0.15) is 6.54 Å². The van der Waals surface area contributed by atoms with Crippen molar-refractivity contribution < 1.29 is 14.7 Å². The number of carboxylic acids is 1. The van der Waals surface area contributed by atoms with Gasteiger partial charge in [-0.3, -0.25) is 4.79 Å². The van der Waals surface area contributed by atoms with Crippen LogP contribution in [-0.4, -0.2) is 53.1 Å². The molecule has 0 bridgehead atoms. The Bertz CT molecular complexity index is 308. The van der Waals surface area contributed by atoms with Crippen LogP contribution in [0, 0.1) is 0 Å². The molecule has 0 aliphatic carbocycles. The molecule has 0 aromatic heterocycles. The molecule has 0 saturated heterocycles. The van der Waals surface area contributed by atoms with Crippen molar-refractivity contribution in [2.24, 2.45) is 0 Å². The highest BCUT2D eigenvalue weighted by Gasteiger charge is 2.22. The lowest BCUT2D eigenvalue weighted by molar-refractivity contribution is -0.137. The van der Waals surface area contributed by atoms with E-state index in [2.05, 4.69) is 6.08 Å². The number of rotatable bonds is 3. The summed E-state index contributed by atoms with van der Waals surface area (Å²) in [6.07, 6.45) is 2.96. The molecule has 1 N–H and O–H groups in total. The minimum absolute atomic E-state index is 0.183. The summed E-state index contributed by atoms with van der Waals surface area (Å²) in [5, 5.41) is 8.69. The number of urea groups is 1. The van der Waals surface area contributed by atoms with E-state index >= 15 is 0 Å². The molecule has 0 aromatic carbocycles. The molecule has 0 atom stereocenters. The third-order valence-electron chi connectivity index (χ3n) is 2.58. The molecule has 1 aliphatic heterocycles. The molecule has 0 fully saturated rings. The normalized spacial score (nSPS) is 15.6. The van der Waals surface area contributed by atoms with Crippen LogP contribution < -0.4 is 0 Å². The van der Waals surface area contributed by atoms with E-state index < -0.39 is 5.97 Å². The maximum atomic E-state index is 12.0. The second-order valence-electron chi connectivity index (χ2n) is 3.95. The lowest BCUT2D eigenvalue weighted by Gasteiger charge is -2.31. The molecule has 0 radical (unpaired) electrons. The minimum Gasteiger partial charge on any atom is -0.480 e. The van der Waals surface area contributed by atoms with Crippen molar-refractivity contribution in [2.45, 2.75) is 20.3 Å². The highest BCUT2D eigenvalue weighted by molar-refractivity contribution is 5.80. The van der Waals surface area contributed by atoms with E-state index in [1.165, 1.54) is 4.90 Å². The van der Waals surface area contributed by atoms with Gasteiger partial charge in [0, 0.05) is 19.6 Å². The Balaban J connectivity index is 2.61. The number of carboxylic acid groups (broad SMARTS) is 1. The second-order valence-corrected chi connectivity index (χ2v) is 3.95. The van der Waals surface area contributed by atoms with Gasteiger partial charge in [0.05, 0.1) is 0 Å². The average Bonchev–Trinajstić information content (AvgIpc) is 2.24. The topological polar surface area (TPSA) is 60.9 Å². The van der Waals surface area contributed by atoms with Gasteiger partial charge in [-0.25, -0.2) is 4.79 Å². The predicted octanol–water partition coefficient (Wildman–Crippen LogP) is 1.16. The van der Waals surface area contributed by atoms with Gasteiger partial charge in [-0.2, -0.15) is 0 Å². The first-order chi connectivity index (χ1) is 7.54. The lowest BCUT2D eigenvalue weighted by atomic mass is 10.1. The summed E-state index contributed by atoms with van der Waals surface area (Å²) in [7, 11) is 0. The molecule has 1 heterocycles. The van der Waals surface area contributed by atoms with Crippen LogP contribution in [0.3, 0.4) is 0 Å².